The first-order chi connectivity index (χ1) is 8.67. The minimum atomic E-state index is 0.576. The summed E-state index contributed by atoms with van der Waals surface area (Å²) in [7, 11) is 1.68. The van der Waals surface area contributed by atoms with Crippen molar-refractivity contribution in [1.29, 1.82) is 0 Å². The first-order valence-corrected chi connectivity index (χ1v) is 5.97. The molecule has 0 aliphatic heterocycles. The van der Waals surface area contributed by atoms with Crippen molar-refractivity contribution in [3.8, 4) is 17.1 Å². The third-order valence-corrected chi connectivity index (χ3v) is 3.18. The maximum absolute atomic E-state index is 5.50. The highest BCUT2D eigenvalue weighted by atomic mass is 16.5. The topological polar surface area (TPSA) is 61.3 Å². The number of nitrogens with two attached hydrogens (primary N) is 1. The summed E-state index contributed by atoms with van der Waals surface area (Å²) in [5.41, 5.74) is 9.70. The molecule has 0 aliphatic rings. The molecule has 1 aromatic carbocycles. The van der Waals surface area contributed by atoms with Crippen LogP contribution >= 0.6 is 0 Å². The van der Waals surface area contributed by atoms with Crippen LogP contribution in [0.15, 0.2) is 22.7 Å². The van der Waals surface area contributed by atoms with Crippen LogP contribution in [-0.4, -0.2) is 18.8 Å². The highest BCUT2D eigenvalue weighted by Crippen LogP contribution is 2.31. The molecule has 4 nitrogen and oxygen atoms in total. The molecule has 0 spiro atoms. The van der Waals surface area contributed by atoms with E-state index in [4.69, 9.17) is 15.0 Å². The van der Waals surface area contributed by atoms with Gasteiger partial charge in [0.15, 0.2) is 5.76 Å². The van der Waals surface area contributed by atoms with Gasteiger partial charge >= 0.3 is 0 Å². The van der Waals surface area contributed by atoms with Crippen LogP contribution in [-0.2, 0) is 6.42 Å². The van der Waals surface area contributed by atoms with Crippen molar-refractivity contribution < 1.29 is 9.26 Å². The van der Waals surface area contributed by atoms with Crippen LogP contribution in [0.2, 0.25) is 0 Å². The molecule has 0 saturated heterocycles. The average Bonchev–Trinajstić information content (AvgIpc) is 2.81. The fourth-order valence-corrected chi connectivity index (χ4v) is 1.99. The van der Waals surface area contributed by atoms with E-state index in [1.807, 2.05) is 25.1 Å². The highest BCUT2D eigenvalue weighted by Gasteiger charge is 2.12. The number of ether oxygens (including phenoxy) is 1. The molecule has 2 aromatic rings. The fraction of sp³-hybridized carbons (Fsp3) is 0.357. The first kappa shape index (κ1) is 12.6. The lowest BCUT2D eigenvalue weighted by Crippen LogP contribution is -2.02. The summed E-state index contributed by atoms with van der Waals surface area (Å²) in [5.74, 6) is 1.67. The molecule has 1 heterocycles. The van der Waals surface area contributed by atoms with Crippen LogP contribution in [0.25, 0.3) is 11.3 Å². The summed E-state index contributed by atoms with van der Waals surface area (Å²) >= 11 is 0. The van der Waals surface area contributed by atoms with Gasteiger partial charge in [-0.05, 0) is 43.7 Å². The molecule has 0 aliphatic carbocycles. The Kier molecular flexibility index (Phi) is 3.67. The summed E-state index contributed by atoms with van der Waals surface area (Å²) in [5, 5.41) is 4.01. The second kappa shape index (κ2) is 5.23. The van der Waals surface area contributed by atoms with E-state index >= 15 is 0 Å². The molecule has 2 rings (SSSR count). The Morgan fingerprint density at radius 3 is 2.72 bits per heavy atom. The maximum Gasteiger partial charge on any atom is 0.167 e. The fourth-order valence-electron chi connectivity index (χ4n) is 1.99. The molecule has 0 bridgehead atoms. The predicted octanol–water partition coefficient (Wildman–Crippen LogP) is 2.47. The van der Waals surface area contributed by atoms with Gasteiger partial charge in [0, 0.05) is 18.1 Å². The lowest BCUT2D eigenvalue weighted by molar-refractivity contribution is 0.410. The Morgan fingerprint density at radius 2 is 2.06 bits per heavy atom. The third kappa shape index (κ3) is 2.24. The summed E-state index contributed by atoms with van der Waals surface area (Å²) in [6, 6.07) is 5.89. The van der Waals surface area contributed by atoms with Gasteiger partial charge in [-0.2, -0.15) is 0 Å². The molecule has 0 unspecified atom stereocenters. The van der Waals surface area contributed by atoms with Gasteiger partial charge in [0.25, 0.3) is 0 Å². The predicted molar refractivity (Wildman–Crippen MR) is 70.7 cm³/mol. The van der Waals surface area contributed by atoms with Gasteiger partial charge in [-0.15, -0.1) is 0 Å². The van der Waals surface area contributed by atoms with Crippen LogP contribution < -0.4 is 10.5 Å². The Bertz CT molecular complexity index is 547. The standard InChI is InChI=1S/C14H18N2O2/c1-9-10(2)13(17-3)5-4-12(9)14-8-11(6-7-15)16-18-14/h4-5,8H,6-7,15H2,1-3H3. The van der Waals surface area contributed by atoms with Gasteiger partial charge < -0.3 is 15.0 Å². The van der Waals surface area contributed by atoms with Gasteiger partial charge in [0.2, 0.25) is 0 Å². The molecule has 0 radical (unpaired) electrons. The molecule has 0 atom stereocenters. The van der Waals surface area contributed by atoms with E-state index in [9.17, 15) is 0 Å². The lowest BCUT2D eigenvalue weighted by Gasteiger charge is -2.10. The zero-order chi connectivity index (χ0) is 13.1. The number of hydrogen-bond donors (Lipinski definition) is 1. The molecular weight excluding hydrogens is 228 g/mol. The van der Waals surface area contributed by atoms with E-state index < -0.39 is 0 Å². The summed E-state index contributed by atoms with van der Waals surface area (Å²) in [6.07, 6.45) is 0.734. The molecule has 4 heteroatoms. The Morgan fingerprint density at radius 1 is 1.28 bits per heavy atom. The largest absolute Gasteiger partial charge is 0.496 e. The van der Waals surface area contributed by atoms with E-state index in [0.29, 0.717) is 6.54 Å². The summed E-state index contributed by atoms with van der Waals surface area (Å²) in [6.45, 7) is 4.67. The Balaban J connectivity index is 2.41. The van der Waals surface area contributed by atoms with Crippen LogP contribution in [0.4, 0.5) is 0 Å². The normalized spacial score (nSPS) is 10.7. The molecule has 96 valence electrons. The van der Waals surface area contributed by atoms with Crippen molar-refractivity contribution in [2.45, 2.75) is 20.3 Å². The van der Waals surface area contributed by atoms with Crippen LogP contribution in [0.5, 0.6) is 5.75 Å². The van der Waals surface area contributed by atoms with Crippen molar-refractivity contribution in [2.75, 3.05) is 13.7 Å². The monoisotopic (exact) mass is 246 g/mol. The van der Waals surface area contributed by atoms with Gasteiger partial charge in [-0.1, -0.05) is 5.16 Å². The van der Waals surface area contributed by atoms with Gasteiger partial charge in [-0.25, -0.2) is 0 Å². The maximum atomic E-state index is 5.50. The summed E-state index contributed by atoms with van der Waals surface area (Å²) in [4.78, 5) is 0. The lowest BCUT2D eigenvalue weighted by atomic mass is 10.0. The molecule has 18 heavy (non-hydrogen) atoms. The minimum Gasteiger partial charge on any atom is -0.496 e. The van der Waals surface area contributed by atoms with Gasteiger partial charge in [-0.3, -0.25) is 0 Å². The number of nitrogens with zero attached hydrogens (tertiary/aromatic N) is 1. The van der Waals surface area contributed by atoms with E-state index in [-0.39, 0.29) is 0 Å². The Labute approximate surface area is 107 Å². The molecule has 0 fully saturated rings. The molecule has 1 aromatic heterocycles. The summed E-state index contributed by atoms with van der Waals surface area (Å²) < 4.78 is 10.7. The van der Waals surface area contributed by atoms with E-state index in [1.165, 1.54) is 0 Å². The number of hydrogen-bond acceptors (Lipinski definition) is 4. The van der Waals surface area contributed by atoms with E-state index in [1.54, 1.807) is 7.11 Å². The number of aromatic nitrogens is 1. The SMILES string of the molecule is COc1ccc(-c2cc(CCN)no2)c(C)c1C. The van der Waals surface area contributed by atoms with Crippen molar-refractivity contribution in [3.05, 3.63) is 35.0 Å². The number of methoxy groups -OCH3 is 1. The van der Waals surface area contributed by atoms with Crippen LogP contribution in [0, 0.1) is 13.8 Å². The number of benzene rings is 1. The van der Waals surface area contributed by atoms with Crippen molar-refractivity contribution in [3.63, 3.8) is 0 Å². The van der Waals surface area contributed by atoms with Gasteiger partial charge in [0.05, 0.1) is 12.8 Å². The smallest absolute Gasteiger partial charge is 0.167 e. The average molecular weight is 246 g/mol. The highest BCUT2D eigenvalue weighted by molar-refractivity contribution is 5.66. The molecule has 2 N–H and O–H groups in total. The van der Waals surface area contributed by atoms with Crippen LogP contribution in [0.3, 0.4) is 0 Å². The van der Waals surface area contributed by atoms with Crippen molar-refractivity contribution in [1.82, 2.24) is 5.16 Å². The third-order valence-electron chi connectivity index (χ3n) is 3.18. The number of rotatable bonds is 4. The zero-order valence-corrected chi connectivity index (χ0v) is 11.0. The van der Waals surface area contributed by atoms with E-state index in [0.717, 1.165) is 40.3 Å². The van der Waals surface area contributed by atoms with Crippen LogP contribution in [0.1, 0.15) is 16.8 Å². The minimum absolute atomic E-state index is 0.576. The quantitative estimate of drug-likeness (QED) is 0.900. The molecular formula is C14H18N2O2. The Hall–Kier alpha value is -1.81. The second-order valence-corrected chi connectivity index (χ2v) is 4.29. The van der Waals surface area contributed by atoms with E-state index in [2.05, 4.69) is 12.1 Å². The second-order valence-electron chi connectivity index (χ2n) is 4.29. The van der Waals surface area contributed by atoms with Gasteiger partial charge in [0.1, 0.15) is 5.75 Å². The van der Waals surface area contributed by atoms with Crippen molar-refractivity contribution >= 4 is 0 Å². The van der Waals surface area contributed by atoms with Crippen molar-refractivity contribution in [2.24, 2.45) is 5.73 Å². The molecule has 0 saturated carbocycles. The first-order valence-electron chi connectivity index (χ1n) is 5.97. The molecule has 0 amide bonds. The zero-order valence-electron chi connectivity index (χ0n) is 11.0.